The number of hydrogen-bond donors (Lipinski definition) is 0. The Hall–Kier alpha value is -5.87. The van der Waals surface area contributed by atoms with E-state index < -0.39 is 0 Å². The van der Waals surface area contributed by atoms with Gasteiger partial charge < -0.3 is 0 Å². The molecule has 1 radical (unpaired) electrons. The molecule has 1 aromatic heterocycles. The van der Waals surface area contributed by atoms with E-state index in [-0.39, 0.29) is 18.6 Å². The van der Waals surface area contributed by atoms with Gasteiger partial charge in [0.1, 0.15) is 0 Å². The molecule has 0 atom stereocenters. The van der Waals surface area contributed by atoms with Crippen LogP contribution in [0.25, 0.3) is 78.7 Å². The summed E-state index contributed by atoms with van der Waals surface area (Å²) in [4.78, 5) is 15.0. The maximum absolute atomic E-state index is 5.06. The molecular weight excluding hydrogens is 645 g/mol. The van der Waals surface area contributed by atoms with Crippen LogP contribution in [0, 0.1) is 19.1 Å². The van der Waals surface area contributed by atoms with E-state index in [9.17, 15) is 0 Å². The summed E-state index contributed by atoms with van der Waals surface area (Å²) in [6.07, 6.45) is 0. The second-order valence-electron chi connectivity index (χ2n) is 12.0. The molecule has 7 aromatic carbocycles. The summed E-state index contributed by atoms with van der Waals surface area (Å²) in [5.41, 5.74) is 12.6. The molecule has 0 bridgehead atoms. The first-order chi connectivity index (χ1) is 24.2. The van der Waals surface area contributed by atoms with E-state index in [0.717, 1.165) is 50.1 Å². The van der Waals surface area contributed by atoms with Gasteiger partial charge in [-0.1, -0.05) is 132 Å². The van der Waals surface area contributed by atoms with Gasteiger partial charge in [-0.2, -0.15) is 42.0 Å². The van der Waals surface area contributed by atoms with Gasteiger partial charge >= 0.3 is 18.6 Å². The molecule has 50 heavy (non-hydrogen) atoms. The van der Waals surface area contributed by atoms with Crippen molar-refractivity contribution in [2.75, 3.05) is 0 Å². The van der Waals surface area contributed by atoms with Crippen LogP contribution >= 0.6 is 0 Å². The molecule has 235 valence electrons. The predicted octanol–water partition coefficient (Wildman–Crippen LogP) is 11.4. The van der Waals surface area contributed by atoms with Gasteiger partial charge in [-0.3, -0.25) is 0 Å². The molecule has 1 heterocycles. The molecule has 0 amide bonds. The minimum atomic E-state index is 0. The number of benzene rings is 7. The number of nitrogens with zero attached hydrogens (tertiary/aromatic N) is 3. The van der Waals surface area contributed by atoms with Crippen LogP contribution in [0.5, 0.6) is 0 Å². The molecule has 0 spiro atoms. The molecule has 0 saturated heterocycles. The molecule has 0 saturated carbocycles. The standard InChI is InChI=1S/C46H31N3.V/c1-32-20-22-34(23-21-32)35-24-26-36(27-25-35)41-29-42(40-19-11-18-39(28-40)33-12-5-2-6-13-33)31-43(30-41)46-48-44(37-14-7-3-8-15-37)47-45(49-46)38-16-9-4-10-17-38;/h2-12,14-27,29-31H,1H3;/q-2;+2. The van der Waals surface area contributed by atoms with Crippen molar-refractivity contribution in [3.63, 3.8) is 0 Å². The van der Waals surface area contributed by atoms with Crippen LogP contribution in [-0.2, 0) is 18.6 Å². The van der Waals surface area contributed by atoms with E-state index in [2.05, 4.69) is 110 Å². The first-order valence-corrected chi connectivity index (χ1v) is 16.4. The Kier molecular flexibility index (Phi) is 9.62. The molecule has 0 aliphatic carbocycles. The summed E-state index contributed by atoms with van der Waals surface area (Å²) >= 11 is 0. The smallest absolute Gasteiger partial charge is 0.209 e. The summed E-state index contributed by atoms with van der Waals surface area (Å²) in [7, 11) is 0. The molecule has 0 aliphatic heterocycles. The fourth-order valence-electron chi connectivity index (χ4n) is 5.97. The van der Waals surface area contributed by atoms with Crippen molar-refractivity contribution >= 4 is 0 Å². The summed E-state index contributed by atoms with van der Waals surface area (Å²) in [6.45, 7) is 2.11. The van der Waals surface area contributed by atoms with Gasteiger partial charge in [0.2, 0.25) is 0 Å². The van der Waals surface area contributed by atoms with Crippen LogP contribution in [0.4, 0.5) is 0 Å². The van der Waals surface area contributed by atoms with Gasteiger partial charge in [-0.25, -0.2) is 20.5 Å². The monoisotopic (exact) mass is 676 g/mol. The Morgan fingerprint density at radius 2 is 0.820 bits per heavy atom. The largest absolute Gasteiger partial charge is 2.00 e. The van der Waals surface area contributed by atoms with Crippen LogP contribution in [-0.4, -0.2) is 15.0 Å². The van der Waals surface area contributed by atoms with Gasteiger partial charge in [0, 0.05) is 16.7 Å². The first-order valence-electron chi connectivity index (χ1n) is 16.4. The van der Waals surface area contributed by atoms with E-state index in [0.29, 0.717) is 17.5 Å². The fourth-order valence-corrected chi connectivity index (χ4v) is 5.97. The van der Waals surface area contributed by atoms with E-state index >= 15 is 0 Å². The molecule has 8 aromatic rings. The molecule has 0 aliphatic rings. The predicted molar refractivity (Wildman–Crippen MR) is 200 cm³/mol. The number of rotatable bonds is 7. The summed E-state index contributed by atoms with van der Waals surface area (Å²) in [6, 6.07) is 65.4. The zero-order valence-electron chi connectivity index (χ0n) is 27.5. The number of hydrogen-bond acceptors (Lipinski definition) is 3. The zero-order chi connectivity index (χ0) is 33.0. The zero-order valence-corrected chi connectivity index (χ0v) is 28.9. The Labute approximate surface area is 305 Å². The molecule has 4 heteroatoms. The summed E-state index contributed by atoms with van der Waals surface area (Å²) < 4.78 is 0. The van der Waals surface area contributed by atoms with Crippen molar-refractivity contribution in [3.8, 4) is 78.7 Å². The van der Waals surface area contributed by atoms with Crippen molar-refractivity contribution in [2.24, 2.45) is 0 Å². The van der Waals surface area contributed by atoms with Crippen LogP contribution in [0.1, 0.15) is 5.56 Å². The van der Waals surface area contributed by atoms with Crippen molar-refractivity contribution in [1.29, 1.82) is 0 Å². The minimum absolute atomic E-state index is 0. The van der Waals surface area contributed by atoms with Gasteiger partial charge in [0.15, 0.2) is 17.5 Å². The van der Waals surface area contributed by atoms with Crippen molar-refractivity contribution in [2.45, 2.75) is 6.92 Å². The second kappa shape index (κ2) is 14.7. The molecule has 0 N–H and O–H groups in total. The Balaban J connectivity index is 0.00000392. The second-order valence-corrected chi connectivity index (χ2v) is 12.0. The van der Waals surface area contributed by atoms with Gasteiger partial charge in [-0.05, 0) is 35.2 Å². The van der Waals surface area contributed by atoms with Crippen LogP contribution < -0.4 is 0 Å². The third-order valence-corrected chi connectivity index (χ3v) is 8.60. The average molecular weight is 677 g/mol. The summed E-state index contributed by atoms with van der Waals surface area (Å²) in [5, 5.41) is 0. The SMILES string of the molecule is Cc1ccc(-c2ccc(-c3cc(-c4[c-]c(-c5[c-]cccc5)ccc4)cc(-c4nc(-c5ccccc5)nc(-c5ccccc5)n4)c3)cc2)cc1.[V+2]. The van der Waals surface area contributed by atoms with Crippen LogP contribution in [0.15, 0.2) is 170 Å². The quantitative estimate of drug-likeness (QED) is 0.158. The Morgan fingerprint density at radius 3 is 1.40 bits per heavy atom. The maximum Gasteiger partial charge on any atom is 2.00 e. The van der Waals surface area contributed by atoms with Crippen LogP contribution in [0.3, 0.4) is 0 Å². The number of aryl methyl sites for hydroxylation is 1. The first kappa shape index (κ1) is 32.7. The van der Waals surface area contributed by atoms with Crippen LogP contribution in [0.2, 0.25) is 0 Å². The summed E-state index contributed by atoms with van der Waals surface area (Å²) in [5.74, 6) is 1.87. The van der Waals surface area contributed by atoms with Crippen molar-refractivity contribution in [3.05, 3.63) is 188 Å². The normalized spacial score (nSPS) is 10.7. The molecule has 0 fully saturated rings. The van der Waals surface area contributed by atoms with E-state index in [4.69, 9.17) is 15.0 Å². The molecule has 0 unspecified atom stereocenters. The van der Waals surface area contributed by atoms with Gasteiger partial charge in [-0.15, -0.1) is 23.8 Å². The third kappa shape index (κ3) is 7.11. The van der Waals surface area contributed by atoms with E-state index in [1.807, 2.05) is 78.9 Å². The molecule has 3 nitrogen and oxygen atoms in total. The Bertz CT molecular complexity index is 2300. The van der Waals surface area contributed by atoms with Crippen molar-refractivity contribution in [1.82, 2.24) is 15.0 Å². The van der Waals surface area contributed by atoms with Gasteiger partial charge in [0.05, 0.1) is 0 Å². The topological polar surface area (TPSA) is 38.7 Å². The van der Waals surface area contributed by atoms with E-state index in [1.54, 1.807) is 0 Å². The number of aromatic nitrogens is 3. The molecular formula is C46H31N3V. The maximum atomic E-state index is 5.06. The average Bonchev–Trinajstić information content (AvgIpc) is 3.19. The van der Waals surface area contributed by atoms with Gasteiger partial charge in [0.25, 0.3) is 0 Å². The Morgan fingerprint density at radius 1 is 0.360 bits per heavy atom. The third-order valence-electron chi connectivity index (χ3n) is 8.60. The fraction of sp³-hybridized carbons (Fsp3) is 0.0217. The van der Waals surface area contributed by atoms with E-state index in [1.165, 1.54) is 16.7 Å². The van der Waals surface area contributed by atoms with Crippen molar-refractivity contribution < 1.29 is 18.6 Å². The molecule has 8 rings (SSSR count). The minimum Gasteiger partial charge on any atom is -0.209 e.